The number of sulfonamides is 1. The minimum absolute atomic E-state index is 0.0441. The van der Waals surface area contributed by atoms with Crippen LogP contribution in [0, 0.1) is 0 Å². The van der Waals surface area contributed by atoms with E-state index in [-0.39, 0.29) is 18.7 Å². The summed E-state index contributed by atoms with van der Waals surface area (Å²) in [5.74, 6) is -0.664. The fourth-order valence-electron chi connectivity index (χ4n) is 3.06. The van der Waals surface area contributed by atoms with Gasteiger partial charge in [0.1, 0.15) is 11.5 Å². The maximum atomic E-state index is 13.1. The lowest BCUT2D eigenvalue weighted by molar-refractivity contribution is -0.274. The second-order valence-electron chi connectivity index (χ2n) is 6.78. The number of nitrogens with one attached hydrogen (secondary N) is 1. The number of anilines is 2. The zero-order valence-corrected chi connectivity index (χ0v) is 16.9. The summed E-state index contributed by atoms with van der Waals surface area (Å²) in [4.78, 5) is 12.8. The molecule has 0 radical (unpaired) electrons. The van der Waals surface area contributed by atoms with Crippen molar-refractivity contribution < 1.29 is 35.9 Å². The van der Waals surface area contributed by atoms with Gasteiger partial charge >= 0.3 is 6.36 Å². The van der Waals surface area contributed by atoms with Gasteiger partial charge < -0.3 is 14.8 Å². The number of hydrogen-bond acceptors (Lipinski definition) is 5. The molecule has 0 aromatic heterocycles. The van der Waals surface area contributed by atoms with E-state index in [0.717, 1.165) is 16.4 Å². The molecule has 162 valence electrons. The van der Waals surface area contributed by atoms with E-state index in [1.54, 1.807) is 24.3 Å². The number of nitrogens with zero attached hydrogens (tertiary/aromatic N) is 1. The topological polar surface area (TPSA) is 84.9 Å². The normalized spacial score (nSPS) is 20.6. The minimum Gasteiger partial charge on any atom is -0.497 e. The molecular weight excluding hydrogens is 425 g/mol. The van der Waals surface area contributed by atoms with Crippen molar-refractivity contribution in [3.05, 3.63) is 48.5 Å². The number of benzene rings is 2. The van der Waals surface area contributed by atoms with Crippen LogP contribution in [0.2, 0.25) is 0 Å². The Morgan fingerprint density at radius 3 is 2.17 bits per heavy atom. The molecule has 30 heavy (non-hydrogen) atoms. The molecule has 2 aromatic carbocycles. The average molecular weight is 444 g/mol. The Hall–Kier alpha value is -2.95. The second-order valence-corrected chi connectivity index (χ2v) is 9.07. The van der Waals surface area contributed by atoms with E-state index in [1.165, 1.54) is 26.2 Å². The molecule has 1 aliphatic heterocycles. The van der Waals surface area contributed by atoms with Gasteiger partial charge in [-0.05, 0) is 61.9 Å². The number of methoxy groups -OCH3 is 1. The van der Waals surface area contributed by atoms with Gasteiger partial charge in [-0.3, -0.25) is 9.10 Å². The predicted molar refractivity (Wildman–Crippen MR) is 104 cm³/mol. The van der Waals surface area contributed by atoms with Gasteiger partial charge in [0.15, 0.2) is 4.75 Å². The van der Waals surface area contributed by atoms with Crippen molar-refractivity contribution in [2.75, 3.05) is 23.3 Å². The Bertz CT molecular complexity index is 1020. The summed E-state index contributed by atoms with van der Waals surface area (Å²) < 4.78 is 71.2. The Morgan fingerprint density at radius 2 is 1.63 bits per heavy atom. The molecule has 1 unspecified atom stereocenters. The largest absolute Gasteiger partial charge is 0.573 e. The van der Waals surface area contributed by atoms with Crippen molar-refractivity contribution in [3.8, 4) is 11.5 Å². The number of ether oxygens (including phenoxy) is 2. The van der Waals surface area contributed by atoms with Crippen LogP contribution >= 0.6 is 0 Å². The van der Waals surface area contributed by atoms with Gasteiger partial charge in [0.25, 0.3) is 0 Å². The quantitative estimate of drug-likeness (QED) is 0.763. The molecule has 1 N–H and O–H groups in total. The van der Waals surface area contributed by atoms with Crippen molar-refractivity contribution in [2.45, 2.75) is 24.5 Å². The first-order valence-corrected chi connectivity index (χ1v) is 10.2. The van der Waals surface area contributed by atoms with E-state index >= 15 is 0 Å². The van der Waals surface area contributed by atoms with Gasteiger partial charge in [-0.2, -0.15) is 0 Å². The van der Waals surface area contributed by atoms with E-state index in [0.29, 0.717) is 11.4 Å². The lowest BCUT2D eigenvalue weighted by Gasteiger charge is -2.25. The summed E-state index contributed by atoms with van der Waals surface area (Å²) in [5.41, 5.74) is 0.551. The summed E-state index contributed by atoms with van der Waals surface area (Å²) >= 11 is 0. The van der Waals surface area contributed by atoms with Crippen LogP contribution in [0.4, 0.5) is 24.5 Å². The molecule has 0 bridgehead atoms. The van der Waals surface area contributed by atoms with Crippen LogP contribution in [-0.4, -0.2) is 39.1 Å². The van der Waals surface area contributed by atoms with Crippen molar-refractivity contribution in [1.29, 1.82) is 0 Å². The van der Waals surface area contributed by atoms with Crippen LogP contribution in [0.25, 0.3) is 0 Å². The SMILES string of the molecule is COc1ccc(N2CCC(C)(C(=O)Nc3ccc(OC(F)(F)F)cc3)S2(=O)=O)cc1. The molecule has 1 saturated heterocycles. The highest BCUT2D eigenvalue weighted by Crippen LogP contribution is 2.38. The summed E-state index contributed by atoms with van der Waals surface area (Å²) in [6, 6.07) is 10.8. The highest BCUT2D eigenvalue weighted by Gasteiger charge is 2.54. The number of alkyl halides is 3. The second kappa shape index (κ2) is 7.71. The highest BCUT2D eigenvalue weighted by molar-refractivity contribution is 7.95. The molecular formula is C19H19F3N2O5S. The molecule has 2 aromatic rings. The van der Waals surface area contributed by atoms with Crippen molar-refractivity contribution >= 4 is 27.3 Å². The number of amides is 1. The Labute approximate surface area is 171 Å². The number of halogens is 3. The summed E-state index contributed by atoms with van der Waals surface area (Å²) in [5, 5.41) is 2.46. The molecule has 1 heterocycles. The molecule has 3 rings (SSSR count). The maximum absolute atomic E-state index is 13.1. The van der Waals surface area contributed by atoms with Crippen LogP contribution in [0.15, 0.2) is 48.5 Å². The monoisotopic (exact) mass is 444 g/mol. The van der Waals surface area contributed by atoms with Crippen molar-refractivity contribution in [3.63, 3.8) is 0 Å². The first-order valence-electron chi connectivity index (χ1n) is 8.80. The Balaban J connectivity index is 1.76. The Morgan fingerprint density at radius 1 is 1.07 bits per heavy atom. The molecule has 7 nitrogen and oxygen atoms in total. The molecule has 0 aliphatic carbocycles. The number of rotatable bonds is 5. The molecule has 1 atom stereocenters. The number of carbonyl (C=O) groups excluding carboxylic acids is 1. The first-order chi connectivity index (χ1) is 14.0. The lowest BCUT2D eigenvalue weighted by atomic mass is 10.1. The van der Waals surface area contributed by atoms with Gasteiger partial charge in [0.05, 0.1) is 12.8 Å². The fourth-order valence-corrected chi connectivity index (χ4v) is 4.91. The standard InChI is InChI=1S/C19H19F3N2O5S/c1-18(17(25)23-13-3-7-16(8-4-13)29-19(20,21)22)11-12-24(30(18,26)27)14-5-9-15(28-2)10-6-14/h3-10H,11-12H2,1-2H3,(H,23,25). The van der Waals surface area contributed by atoms with Gasteiger partial charge in [-0.25, -0.2) is 8.42 Å². The van der Waals surface area contributed by atoms with Gasteiger partial charge in [-0.15, -0.1) is 13.2 Å². The van der Waals surface area contributed by atoms with Crippen LogP contribution < -0.4 is 19.1 Å². The molecule has 1 amide bonds. The number of hydrogen-bond donors (Lipinski definition) is 1. The molecule has 11 heteroatoms. The van der Waals surface area contributed by atoms with E-state index in [9.17, 15) is 26.4 Å². The maximum Gasteiger partial charge on any atom is 0.573 e. The zero-order valence-electron chi connectivity index (χ0n) is 16.1. The smallest absolute Gasteiger partial charge is 0.497 e. The summed E-state index contributed by atoms with van der Waals surface area (Å²) in [7, 11) is -2.55. The molecule has 0 saturated carbocycles. The summed E-state index contributed by atoms with van der Waals surface area (Å²) in [6.45, 7) is 1.43. The first kappa shape index (κ1) is 21.8. The van der Waals surface area contributed by atoms with E-state index in [2.05, 4.69) is 10.1 Å². The lowest BCUT2D eigenvalue weighted by Crippen LogP contribution is -2.47. The van der Waals surface area contributed by atoms with E-state index < -0.39 is 32.8 Å². The van der Waals surface area contributed by atoms with Crippen molar-refractivity contribution in [2.24, 2.45) is 0 Å². The summed E-state index contributed by atoms with van der Waals surface area (Å²) in [6.07, 6.45) is -4.79. The highest BCUT2D eigenvalue weighted by atomic mass is 32.2. The molecule has 1 fully saturated rings. The van der Waals surface area contributed by atoms with Crippen LogP contribution in [0.1, 0.15) is 13.3 Å². The van der Waals surface area contributed by atoms with Crippen LogP contribution in [0.5, 0.6) is 11.5 Å². The fraction of sp³-hybridized carbons (Fsp3) is 0.316. The van der Waals surface area contributed by atoms with Crippen molar-refractivity contribution in [1.82, 2.24) is 0 Å². The average Bonchev–Trinajstić information content (AvgIpc) is 2.92. The number of carbonyl (C=O) groups is 1. The van der Waals surface area contributed by atoms with Gasteiger partial charge in [0, 0.05) is 12.2 Å². The zero-order chi connectivity index (χ0) is 22.2. The third-order valence-corrected chi connectivity index (χ3v) is 7.34. The van der Waals surface area contributed by atoms with E-state index in [1.807, 2.05) is 0 Å². The third-order valence-electron chi connectivity index (χ3n) is 4.84. The minimum atomic E-state index is -4.83. The Kier molecular flexibility index (Phi) is 5.59. The van der Waals surface area contributed by atoms with Gasteiger partial charge in [0.2, 0.25) is 15.9 Å². The molecule has 1 aliphatic rings. The predicted octanol–water partition coefficient (Wildman–Crippen LogP) is 3.53. The molecule has 0 spiro atoms. The van der Waals surface area contributed by atoms with Crippen LogP contribution in [0.3, 0.4) is 0 Å². The third kappa shape index (κ3) is 4.16. The van der Waals surface area contributed by atoms with Gasteiger partial charge in [-0.1, -0.05) is 0 Å². The van der Waals surface area contributed by atoms with Crippen LogP contribution in [-0.2, 0) is 14.8 Å². The van der Waals surface area contributed by atoms with E-state index in [4.69, 9.17) is 4.74 Å².